The first-order chi connectivity index (χ1) is 9.97. The minimum Gasteiger partial charge on any atom is -0.502 e. The number of hydrogen-bond donors (Lipinski definition) is 1. The van der Waals surface area contributed by atoms with Crippen LogP contribution in [0.1, 0.15) is 11.1 Å². The summed E-state index contributed by atoms with van der Waals surface area (Å²) in [5.74, 6) is -0.151. The fourth-order valence-corrected chi connectivity index (χ4v) is 2.70. The largest absolute Gasteiger partial charge is 0.502 e. The van der Waals surface area contributed by atoms with E-state index in [1.807, 2.05) is 32.0 Å². The maximum absolute atomic E-state index is 12.4. The topological polar surface area (TPSA) is 50.4 Å². The van der Waals surface area contributed by atoms with E-state index < -0.39 is 5.43 Å². The Labute approximate surface area is 130 Å². The van der Waals surface area contributed by atoms with E-state index in [2.05, 4.69) is 15.9 Å². The Morgan fingerprint density at radius 3 is 2.43 bits per heavy atom. The van der Waals surface area contributed by atoms with Crippen LogP contribution >= 0.6 is 15.9 Å². The van der Waals surface area contributed by atoms with Gasteiger partial charge in [0, 0.05) is 10.0 Å². The van der Waals surface area contributed by atoms with Crippen LogP contribution in [0.4, 0.5) is 0 Å². The van der Waals surface area contributed by atoms with Crippen LogP contribution < -0.4 is 5.43 Å². The summed E-state index contributed by atoms with van der Waals surface area (Å²) in [4.78, 5) is 12.4. The van der Waals surface area contributed by atoms with Crippen molar-refractivity contribution in [3.63, 3.8) is 0 Å². The average molecular weight is 345 g/mol. The number of hydrogen-bond acceptors (Lipinski definition) is 3. The van der Waals surface area contributed by atoms with Crippen molar-refractivity contribution >= 4 is 26.9 Å². The predicted octanol–water partition coefficient (Wildman–Crippen LogP) is 4.54. The van der Waals surface area contributed by atoms with E-state index in [-0.39, 0.29) is 11.5 Å². The number of aryl methyl sites for hydroxylation is 2. The van der Waals surface area contributed by atoms with Crippen molar-refractivity contribution in [3.05, 3.63) is 62.2 Å². The molecule has 0 radical (unpaired) electrons. The molecule has 1 N–H and O–H groups in total. The molecule has 3 rings (SSSR count). The monoisotopic (exact) mass is 344 g/mol. The molecule has 3 nitrogen and oxygen atoms in total. The zero-order chi connectivity index (χ0) is 15.1. The van der Waals surface area contributed by atoms with Crippen molar-refractivity contribution in [1.82, 2.24) is 0 Å². The molecule has 0 saturated carbocycles. The van der Waals surface area contributed by atoms with Crippen LogP contribution in [0, 0.1) is 13.8 Å². The van der Waals surface area contributed by atoms with E-state index in [1.54, 1.807) is 18.2 Å². The van der Waals surface area contributed by atoms with Crippen molar-refractivity contribution < 1.29 is 9.52 Å². The molecule has 0 aliphatic carbocycles. The SMILES string of the molecule is Cc1cc(C)c2oc(-c3ccc(Br)cc3)c(O)c(=O)c2c1. The van der Waals surface area contributed by atoms with Crippen molar-refractivity contribution in [2.45, 2.75) is 13.8 Å². The van der Waals surface area contributed by atoms with Crippen LogP contribution in [0.5, 0.6) is 5.75 Å². The zero-order valence-corrected chi connectivity index (χ0v) is 13.2. The molecule has 0 unspecified atom stereocenters. The summed E-state index contributed by atoms with van der Waals surface area (Å²) < 4.78 is 6.74. The molecule has 0 spiro atoms. The first-order valence-corrected chi connectivity index (χ1v) is 7.29. The lowest BCUT2D eigenvalue weighted by atomic mass is 10.1. The molecule has 0 fully saturated rings. The smallest absolute Gasteiger partial charge is 0.235 e. The van der Waals surface area contributed by atoms with Gasteiger partial charge in [-0.3, -0.25) is 4.79 Å². The molecule has 3 aromatic rings. The minimum absolute atomic E-state index is 0.201. The van der Waals surface area contributed by atoms with Gasteiger partial charge in [-0.2, -0.15) is 0 Å². The van der Waals surface area contributed by atoms with E-state index in [0.717, 1.165) is 15.6 Å². The van der Waals surface area contributed by atoms with Crippen LogP contribution in [-0.2, 0) is 0 Å². The van der Waals surface area contributed by atoms with E-state index >= 15 is 0 Å². The van der Waals surface area contributed by atoms with Crippen molar-refractivity contribution in [1.29, 1.82) is 0 Å². The van der Waals surface area contributed by atoms with Gasteiger partial charge in [0.15, 0.2) is 5.76 Å². The van der Waals surface area contributed by atoms with Crippen LogP contribution in [0.3, 0.4) is 0 Å². The maximum Gasteiger partial charge on any atom is 0.235 e. The van der Waals surface area contributed by atoms with Gasteiger partial charge < -0.3 is 9.52 Å². The van der Waals surface area contributed by atoms with Crippen molar-refractivity contribution in [2.75, 3.05) is 0 Å². The van der Waals surface area contributed by atoms with Crippen LogP contribution in [-0.4, -0.2) is 5.11 Å². The Kier molecular flexibility index (Phi) is 3.33. The van der Waals surface area contributed by atoms with Gasteiger partial charge in [0.05, 0.1) is 5.39 Å². The fourth-order valence-electron chi connectivity index (χ4n) is 2.44. The zero-order valence-electron chi connectivity index (χ0n) is 11.6. The summed E-state index contributed by atoms with van der Waals surface area (Å²) in [6, 6.07) is 10.9. The summed E-state index contributed by atoms with van der Waals surface area (Å²) in [5.41, 5.74) is 2.61. The van der Waals surface area contributed by atoms with Gasteiger partial charge in [0.2, 0.25) is 11.2 Å². The maximum atomic E-state index is 12.4. The molecule has 0 aliphatic rings. The van der Waals surface area contributed by atoms with Gasteiger partial charge in [-0.1, -0.05) is 22.0 Å². The highest BCUT2D eigenvalue weighted by molar-refractivity contribution is 9.10. The van der Waals surface area contributed by atoms with Gasteiger partial charge in [0.1, 0.15) is 5.58 Å². The number of benzene rings is 2. The third kappa shape index (κ3) is 2.36. The molecule has 0 aliphatic heterocycles. The summed E-state index contributed by atoms with van der Waals surface area (Å²) in [6.45, 7) is 3.80. The molecular formula is C17H13BrO3. The fraction of sp³-hybridized carbons (Fsp3) is 0.118. The molecular weight excluding hydrogens is 332 g/mol. The molecule has 0 saturated heterocycles. The van der Waals surface area contributed by atoms with Crippen LogP contribution in [0.15, 0.2) is 50.1 Å². The molecule has 0 atom stereocenters. The van der Waals surface area contributed by atoms with E-state index in [1.165, 1.54) is 0 Å². The van der Waals surface area contributed by atoms with E-state index in [9.17, 15) is 9.90 Å². The highest BCUT2D eigenvalue weighted by Gasteiger charge is 2.16. The first-order valence-electron chi connectivity index (χ1n) is 6.50. The Morgan fingerprint density at radius 1 is 1.10 bits per heavy atom. The van der Waals surface area contributed by atoms with Crippen molar-refractivity contribution in [2.24, 2.45) is 0 Å². The Hall–Kier alpha value is -2.07. The molecule has 2 aromatic carbocycles. The Balaban J connectivity index is 2.37. The summed E-state index contributed by atoms with van der Waals surface area (Å²) in [6.07, 6.45) is 0. The summed E-state index contributed by atoms with van der Waals surface area (Å²) in [5, 5.41) is 10.6. The number of halogens is 1. The minimum atomic E-state index is -0.402. The third-order valence-corrected chi connectivity index (χ3v) is 3.93. The molecule has 106 valence electrons. The van der Waals surface area contributed by atoms with E-state index in [0.29, 0.717) is 16.5 Å². The molecule has 0 bridgehead atoms. The molecule has 0 amide bonds. The second kappa shape index (κ2) is 5.04. The van der Waals surface area contributed by atoms with Crippen LogP contribution in [0.25, 0.3) is 22.3 Å². The Bertz CT molecular complexity index is 893. The molecule has 1 heterocycles. The van der Waals surface area contributed by atoms with Gasteiger partial charge in [0.25, 0.3) is 0 Å². The van der Waals surface area contributed by atoms with Gasteiger partial charge >= 0.3 is 0 Å². The highest BCUT2D eigenvalue weighted by Crippen LogP contribution is 2.32. The summed E-state index contributed by atoms with van der Waals surface area (Å²) >= 11 is 3.36. The van der Waals surface area contributed by atoms with Crippen molar-refractivity contribution in [3.8, 4) is 17.1 Å². The lowest BCUT2D eigenvalue weighted by molar-refractivity contribution is 0.449. The number of fused-ring (bicyclic) bond motifs is 1. The Morgan fingerprint density at radius 2 is 1.76 bits per heavy atom. The lowest BCUT2D eigenvalue weighted by Gasteiger charge is -2.08. The van der Waals surface area contributed by atoms with Gasteiger partial charge in [-0.25, -0.2) is 0 Å². The first kappa shape index (κ1) is 13.9. The quantitative estimate of drug-likeness (QED) is 0.704. The normalized spacial score (nSPS) is 11.0. The average Bonchev–Trinajstić information content (AvgIpc) is 2.44. The summed E-state index contributed by atoms with van der Waals surface area (Å²) in [7, 11) is 0. The molecule has 1 aromatic heterocycles. The highest BCUT2D eigenvalue weighted by atomic mass is 79.9. The molecule has 21 heavy (non-hydrogen) atoms. The van der Waals surface area contributed by atoms with E-state index in [4.69, 9.17) is 4.42 Å². The van der Waals surface area contributed by atoms with Crippen LogP contribution in [0.2, 0.25) is 0 Å². The standard InChI is InChI=1S/C17H13BrO3/c1-9-7-10(2)16-13(8-9)14(19)15(20)17(21-16)11-3-5-12(18)6-4-11/h3-8,20H,1-2H3. The second-order valence-electron chi connectivity index (χ2n) is 5.07. The molecule has 4 heteroatoms. The number of rotatable bonds is 1. The van der Waals surface area contributed by atoms with Gasteiger partial charge in [-0.05, 0) is 55.3 Å². The number of aromatic hydroxyl groups is 1. The predicted molar refractivity (Wildman–Crippen MR) is 86.8 cm³/mol. The third-order valence-electron chi connectivity index (χ3n) is 3.40. The van der Waals surface area contributed by atoms with Gasteiger partial charge in [-0.15, -0.1) is 0 Å². The lowest BCUT2D eigenvalue weighted by Crippen LogP contribution is -2.03. The second-order valence-corrected chi connectivity index (χ2v) is 5.99.